The Balaban J connectivity index is 1.75. The molecule has 2 aromatic rings. The van der Waals surface area contributed by atoms with E-state index in [9.17, 15) is 4.79 Å². The van der Waals surface area contributed by atoms with Crippen LogP contribution in [0.15, 0.2) is 59.0 Å². The van der Waals surface area contributed by atoms with E-state index in [1.54, 1.807) is 24.7 Å². The Labute approximate surface area is 115 Å². The van der Waals surface area contributed by atoms with Crippen LogP contribution in [-0.4, -0.2) is 27.8 Å². The minimum Gasteiger partial charge on any atom is -0.272 e. The fourth-order valence-corrected chi connectivity index (χ4v) is 1.84. The average molecular weight is 272 g/mol. The summed E-state index contributed by atoms with van der Waals surface area (Å²) in [5.74, 6) is 0.0421. The molecule has 1 N–H and O–H groups in total. The predicted molar refractivity (Wildman–Crippen MR) is 74.9 cm³/mol. The predicted octanol–water partition coefficient (Wildman–Crippen LogP) is 1.72. The number of hydrogen-bond acceptors (Lipinski definition) is 5. The van der Waals surface area contributed by atoms with Crippen molar-refractivity contribution in [3.05, 3.63) is 54.4 Å². The topological polar surface area (TPSA) is 67.2 Å². The van der Waals surface area contributed by atoms with Gasteiger partial charge in [-0.15, -0.1) is 0 Å². The number of rotatable bonds is 5. The Bertz CT molecular complexity index is 545. The highest BCUT2D eigenvalue weighted by atomic mass is 32.2. The molecule has 96 valence electrons. The van der Waals surface area contributed by atoms with E-state index >= 15 is 0 Å². The molecule has 0 fully saturated rings. The molecule has 1 aromatic carbocycles. The fourth-order valence-electron chi connectivity index (χ4n) is 1.24. The third-order valence-electron chi connectivity index (χ3n) is 2.08. The highest BCUT2D eigenvalue weighted by molar-refractivity contribution is 7.99. The molecule has 0 aliphatic heterocycles. The van der Waals surface area contributed by atoms with Crippen LogP contribution < -0.4 is 5.43 Å². The van der Waals surface area contributed by atoms with Crippen LogP contribution in [0.5, 0.6) is 0 Å². The first kappa shape index (κ1) is 13.2. The second-order valence-corrected chi connectivity index (χ2v) is 4.47. The largest absolute Gasteiger partial charge is 0.272 e. The summed E-state index contributed by atoms with van der Waals surface area (Å²) in [7, 11) is 0. The number of nitrogens with zero attached hydrogens (tertiary/aromatic N) is 3. The van der Waals surface area contributed by atoms with Crippen LogP contribution in [0.4, 0.5) is 0 Å². The number of nitrogens with one attached hydrogen (secondary N) is 1. The van der Waals surface area contributed by atoms with E-state index in [4.69, 9.17) is 0 Å². The molecule has 0 aliphatic carbocycles. The molecule has 0 atom stereocenters. The molecule has 0 saturated carbocycles. The van der Waals surface area contributed by atoms with E-state index in [1.165, 1.54) is 11.8 Å². The van der Waals surface area contributed by atoms with Gasteiger partial charge < -0.3 is 0 Å². The van der Waals surface area contributed by atoms with Crippen LogP contribution in [-0.2, 0) is 4.79 Å². The van der Waals surface area contributed by atoms with Gasteiger partial charge in [-0.1, -0.05) is 42.1 Å². The fraction of sp³-hybridized carbons (Fsp3) is 0.0769. The molecule has 1 amide bonds. The van der Waals surface area contributed by atoms with Gasteiger partial charge in [-0.2, -0.15) is 5.10 Å². The number of hydrogen-bond donors (Lipinski definition) is 1. The summed E-state index contributed by atoms with van der Waals surface area (Å²) in [4.78, 5) is 19.5. The third-order valence-corrected chi connectivity index (χ3v) is 2.95. The van der Waals surface area contributed by atoms with Crippen molar-refractivity contribution < 1.29 is 4.79 Å². The first-order chi connectivity index (χ1) is 9.34. The van der Waals surface area contributed by atoms with E-state index in [0.29, 0.717) is 5.16 Å². The number of hydrazone groups is 1. The van der Waals surface area contributed by atoms with Crippen LogP contribution in [0.1, 0.15) is 5.56 Å². The second kappa shape index (κ2) is 7.27. The second-order valence-electron chi connectivity index (χ2n) is 3.52. The van der Waals surface area contributed by atoms with E-state index < -0.39 is 0 Å². The maximum atomic E-state index is 11.5. The zero-order valence-electron chi connectivity index (χ0n) is 10.1. The molecule has 0 bridgehead atoms. The molecule has 0 saturated heterocycles. The molecule has 1 aromatic heterocycles. The lowest BCUT2D eigenvalue weighted by Gasteiger charge is -1.98. The van der Waals surface area contributed by atoms with Gasteiger partial charge in [-0.05, 0) is 11.6 Å². The molecule has 0 aliphatic rings. The Morgan fingerprint density at radius 3 is 2.68 bits per heavy atom. The summed E-state index contributed by atoms with van der Waals surface area (Å²) in [5.41, 5.74) is 3.39. The van der Waals surface area contributed by atoms with Gasteiger partial charge in [0.1, 0.15) is 0 Å². The summed E-state index contributed by atoms with van der Waals surface area (Å²) in [5, 5.41) is 4.45. The van der Waals surface area contributed by atoms with Crippen LogP contribution in [0, 0.1) is 0 Å². The molecular formula is C13H12N4OS. The van der Waals surface area contributed by atoms with Crippen molar-refractivity contribution in [1.82, 2.24) is 15.4 Å². The molecule has 2 rings (SSSR count). The minimum atomic E-state index is -0.190. The van der Waals surface area contributed by atoms with E-state index in [-0.39, 0.29) is 11.7 Å². The van der Waals surface area contributed by atoms with Gasteiger partial charge >= 0.3 is 0 Å². The summed E-state index contributed by atoms with van der Waals surface area (Å²) < 4.78 is 0. The lowest BCUT2D eigenvalue weighted by Crippen LogP contribution is -2.19. The Kier molecular flexibility index (Phi) is 5.06. The standard InChI is InChI=1S/C13H12N4OS/c18-12(10-19-13-14-7-4-8-15-13)17-16-9-11-5-2-1-3-6-11/h1-9H,10H2,(H,17,18)/b16-9-. The highest BCUT2D eigenvalue weighted by Gasteiger charge is 2.02. The zero-order valence-corrected chi connectivity index (χ0v) is 10.9. The third kappa shape index (κ3) is 4.89. The molecule has 0 radical (unpaired) electrons. The number of aromatic nitrogens is 2. The monoisotopic (exact) mass is 272 g/mol. The Hall–Kier alpha value is -2.21. The summed E-state index contributed by atoms with van der Waals surface area (Å²) >= 11 is 1.27. The van der Waals surface area contributed by atoms with Crippen molar-refractivity contribution in [2.45, 2.75) is 5.16 Å². The van der Waals surface area contributed by atoms with Gasteiger partial charge in [0.15, 0.2) is 5.16 Å². The number of carbonyl (C=O) groups is 1. The van der Waals surface area contributed by atoms with E-state index in [2.05, 4.69) is 20.5 Å². The van der Waals surface area contributed by atoms with Gasteiger partial charge in [-0.3, -0.25) is 4.79 Å². The van der Waals surface area contributed by atoms with Gasteiger partial charge in [0.05, 0.1) is 12.0 Å². The van der Waals surface area contributed by atoms with Crippen molar-refractivity contribution in [2.75, 3.05) is 5.75 Å². The van der Waals surface area contributed by atoms with Crippen molar-refractivity contribution in [3.63, 3.8) is 0 Å². The molecule has 19 heavy (non-hydrogen) atoms. The van der Waals surface area contributed by atoms with Gasteiger partial charge in [0.25, 0.3) is 5.91 Å². The minimum absolute atomic E-state index is 0.190. The summed E-state index contributed by atoms with van der Waals surface area (Å²) in [6, 6.07) is 11.3. The SMILES string of the molecule is O=C(CSc1ncccn1)N/N=C\c1ccccc1. The smallest absolute Gasteiger partial charge is 0.250 e. The lowest BCUT2D eigenvalue weighted by molar-refractivity contribution is -0.118. The van der Waals surface area contributed by atoms with Crippen molar-refractivity contribution in [2.24, 2.45) is 5.10 Å². The molecule has 6 heteroatoms. The van der Waals surface area contributed by atoms with E-state index in [1.807, 2.05) is 30.3 Å². The normalized spacial score (nSPS) is 10.5. The van der Waals surface area contributed by atoms with Gasteiger partial charge in [0.2, 0.25) is 0 Å². The number of thioether (sulfide) groups is 1. The van der Waals surface area contributed by atoms with Crippen molar-refractivity contribution in [3.8, 4) is 0 Å². The van der Waals surface area contributed by atoms with Gasteiger partial charge in [0, 0.05) is 12.4 Å². The number of amides is 1. The first-order valence-electron chi connectivity index (χ1n) is 5.61. The quantitative estimate of drug-likeness (QED) is 0.389. The average Bonchev–Trinajstić information content (AvgIpc) is 2.47. The zero-order chi connectivity index (χ0) is 13.3. The maximum absolute atomic E-state index is 11.5. The van der Waals surface area contributed by atoms with Gasteiger partial charge in [-0.25, -0.2) is 15.4 Å². The lowest BCUT2D eigenvalue weighted by atomic mass is 10.2. The molecule has 0 spiro atoms. The summed E-state index contributed by atoms with van der Waals surface area (Å²) in [6.45, 7) is 0. The van der Waals surface area contributed by atoms with Crippen LogP contribution in [0.3, 0.4) is 0 Å². The maximum Gasteiger partial charge on any atom is 0.250 e. The van der Waals surface area contributed by atoms with Crippen LogP contribution >= 0.6 is 11.8 Å². The molecule has 0 unspecified atom stereocenters. The molecular weight excluding hydrogens is 260 g/mol. The van der Waals surface area contributed by atoms with Crippen molar-refractivity contribution >= 4 is 23.9 Å². The van der Waals surface area contributed by atoms with E-state index in [0.717, 1.165) is 5.56 Å². The van der Waals surface area contributed by atoms with Crippen LogP contribution in [0.25, 0.3) is 0 Å². The Morgan fingerprint density at radius 1 is 1.21 bits per heavy atom. The highest BCUT2D eigenvalue weighted by Crippen LogP contribution is 2.09. The first-order valence-corrected chi connectivity index (χ1v) is 6.60. The van der Waals surface area contributed by atoms with Crippen molar-refractivity contribution in [1.29, 1.82) is 0 Å². The molecule has 5 nitrogen and oxygen atoms in total. The Morgan fingerprint density at radius 2 is 1.95 bits per heavy atom. The number of carbonyl (C=O) groups excluding carboxylic acids is 1. The summed E-state index contributed by atoms with van der Waals surface area (Å²) in [6.07, 6.45) is 4.88. The van der Waals surface area contributed by atoms with Crippen LogP contribution in [0.2, 0.25) is 0 Å². The number of benzene rings is 1. The molecule has 1 heterocycles.